The summed E-state index contributed by atoms with van der Waals surface area (Å²) in [4.78, 5) is 0. The average Bonchev–Trinajstić information content (AvgIpc) is 3.18. The molecule has 0 amide bonds. The molecule has 0 saturated carbocycles. The molecule has 0 unspecified atom stereocenters. The third kappa shape index (κ3) is 3.47. The Labute approximate surface area is 253 Å². The zero-order valence-corrected chi connectivity index (χ0v) is 20.9. The molecule has 0 N–H and O–H groups in total. The third-order valence-corrected chi connectivity index (χ3v) is 7.27. The van der Waals surface area contributed by atoms with Crippen LogP contribution in [0.1, 0.15) is 19.2 Å². The first-order chi connectivity index (χ1) is 25.7. The van der Waals surface area contributed by atoms with Crippen molar-refractivity contribution in [1.29, 1.82) is 0 Å². The van der Waals surface area contributed by atoms with Gasteiger partial charge in [-0.1, -0.05) is 157 Å². The molecule has 0 saturated heterocycles. The zero-order valence-electron chi connectivity index (χ0n) is 34.9. The third-order valence-electron chi connectivity index (χ3n) is 7.27. The van der Waals surface area contributed by atoms with Crippen LogP contribution in [0.5, 0.6) is 0 Å². The van der Waals surface area contributed by atoms with Gasteiger partial charge in [-0.05, 0) is 76.5 Å². The van der Waals surface area contributed by atoms with Crippen molar-refractivity contribution >= 4 is 43.1 Å². The van der Waals surface area contributed by atoms with Crippen molar-refractivity contribution < 1.29 is 19.2 Å². The van der Waals surface area contributed by atoms with Crippen LogP contribution >= 0.6 is 0 Å². The fourth-order valence-corrected chi connectivity index (χ4v) is 5.62. The van der Waals surface area contributed by atoms with Gasteiger partial charge < -0.3 is 0 Å². The van der Waals surface area contributed by atoms with Crippen LogP contribution in [0.2, 0.25) is 0 Å². The molecular weight excluding hydrogens is 480 g/mol. The van der Waals surface area contributed by atoms with Gasteiger partial charge in [-0.15, -0.1) is 0 Å². The second-order valence-electron chi connectivity index (χ2n) is 9.39. The van der Waals surface area contributed by atoms with Crippen LogP contribution in [-0.4, -0.2) is 0 Å². The number of hydrogen-bond acceptors (Lipinski definition) is 0. The highest BCUT2D eigenvalue weighted by Gasteiger charge is 2.20. The predicted octanol–water partition coefficient (Wildman–Crippen LogP) is 11.3. The maximum Gasteiger partial charge on any atom is 0.0629 e. The summed E-state index contributed by atoms with van der Waals surface area (Å²) in [7, 11) is 0. The molecule has 0 aliphatic heterocycles. The molecule has 0 heteroatoms. The molecule has 40 heavy (non-hydrogen) atoms. The van der Waals surface area contributed by atoms with Crippen molar-refractivity contribution in [1.82, 2.24) is 0 Å². The van der Waals surface area contributed by atoms with Gasteiger partial charge in [-0.2, -0.15) is 0 Å². The quantitative estimate of drug-likeness (QED) is 0.203. The average molecular weight is 521 g/mol. The normalized spacial score (nSPS) is 16.4. The molecule has 0 bridgehead atoms. The van der Waals surface area contributed by atoms with E-state index in [4.69, 9.17) is 17.8 Å². The Morgan fingerprint density at radius 2 is 0.700 bits per heavy atom. The SMILES string of the molecule is [2H]c1c([2H])c([2H])c2c(-c3ccccc3-c3c4ccccc4c(-c4c([2H])c([2H])c([2H])c5c([2H])c([2H])c([2H])c([2H])c45)c4ccccc34)c([2H])c([2H])c([2H])c2c1[2H]. The molecule has 0 atom stereocenters. The first-order valence-corrected chi connectivity index (χ1v) is 12.7. The lowest BCUT2D eigenvalue weighted by molar-refractivity contribution is 1.63. The maximum atomic E-state index is 9.19. The zero-order chi connectivity index (χ0) is 38.7. The van der Waals surface area contributed by atoms with E-state index in [1.807, 2.05) is 12.1 Å². The lowest BCUT2D eigenvalue weighted by Crippen LogP contribution is -1.93. The molecule has 0 aliphatic carbocycles. The van der Waals surface area contributed by atoms with Crippen molar-refractivity contribution in [2.75, 3.05) is 0 Å². The summed E-state index contributed by atoms with van der Waals surface area (Å²) >= 11 is 0. The molecule has 186 valence electrons. The fourth-order valence-electron chi connectivity index (χ4n) is 5.62. The second kappa shape index (κ2) is 9.22. The molecule has 0 aliphatic rings. The largest absolute Gasteiger partial charge is 0.0629 e. The van der Waals surface area contributed by atoms with E-state index in [1.54, 1.807) is 60.7 Å². The summed E-state index contributed by atoms with van der Waals surface area (Å²) in [6.07, 6.45) is 0. The molecule has 0 nitrogen and oxygen atoms in total. The van der Waals surface area contributed by atoms with Gasteiger partial charge >= 0.3 is 0 Å². The molecule has 8 aromatic carbocycles. The summed E-state index contributed by atoms with van der Waals surface area (Å²) < 4.78 is 122. The van der Waals surface area contributed by atoms with Crippen molar-refractivity contribution in [3.05, 3.63) is 157 Å². The van der Waals surface area contributed by atoms with Gasteiger partial charge in [0.1, 0.15) is 0 Å². The van der Waals surface area contributed by atoms with E-state index < -0.39 is 72.5 Å². The van der Waals surface area contributed by atoms with Crippen molar-refractivity contribution in [2.24, 2.45) is 0 Å². The van der Waals surface area contributed by atoms with Gasteiger partial charge in [0.15, 0.2) is 0 Å². The minimum absolute atomic E-state index is 0.0478. The number of fused-ring (bicyclic) bond motifs is 4. The van der Waals surface area contributed by atoms with Crippen LogP contribution in [0.4, 0.5) is 0 Å². The highest BCUT2D eigenvalue weighted by atomic mass is 14.2. The van der Waals surface area contributed by atoms with Crippen LogP contribution in [0.25, 0.3) is 76.5 Å². The second-order valence-corrected chi connectivity index (χ2v) is 9.39. The number of benzene rings is 8. The van der Waals surface area contributed by atoms with Crippen molar-refractivity contribution in [3.63, 3.8) is 0 Å². The molecule has 8 rings (SSSR count). The summed E-state index contributed by atoms with van der Waals surface area (Å²) in [5, 5.41) is 1.92. The molecule has 0 heterocycles. The predicted molar refractivity (Wildman–Crippen MR) is 173 cm³/mol. The van der Waals surface area contributed by atoms with E-state index in [1.165, 1.54) is 0 Å². The van der Waals surface area contributed by atoms with E-state index in [9.17, 15) is 1.37 Å². The Morgan fingerprint density at radius 3 is 1.27 bits per heavy atom. The summed E-state index contributed by atoms with van der Waals surface area (Å²) in [5.74, 6) is 0. The molecule has 0 spiro atoms. The standard InChI is InChI=1S/C40H26/c1-3-17-29-27(13-1)15-11-25-31(29)32-19-5-6-20-34(32)40-37-23-9-7-21-35(37)39(36-22-8-10-24-38(36)40)33-26-12-16-28-14-2-4-18-30(28)33/h1-26H/i1D,2D,3D,4D,11D,12D,13D,14D,15D,16D,17D,18D,25D,26D. The summed E-state index contributed by atoms with van der Waals surface area (Å²) in [6.45, 7) is 0. The van der Waals surface area contributed by atoms with Crippen LogP contribution < -0.4 is 0 Å². The lowest BCUT2D eigenvalue weighted by Gasteiger charge is -2.20. The fraction of sp³-hybridized carbons (Fsp3) is 0. The highest BCUT2D eigenvalue weighted by molar-refractivity contribution is 6.24. The van der Waals surface area contributed by atoms with Gasteiger partial charge in [0, 0.05) is 0 Å². The van der Waals surface area contributed by atoms with Crippen LogP contribution in [0.15, 0.2) is 157 Å². The van der Waals surface area contributed by atoms with Gasteiger partial charge in [0.25, 0.3) is 0 Å². The first kappa shape index (κ1) is 12.8. The van der Waals surface area contributed by atoms with Gasteiger partial charge in [0.05, 0.1) is 19.2 Å². The number of hydrogen-bond donors (Lipinski definition) is 0. The van der Waals surface area contributed by atoms with E-state index in [0.29, 0.717) is 43.8 Å². The van der Waals surface area contributed by atoms with Gasteiger partial charge in [-0.3, -0.25) is 0 Å². The molecular formula is C40H26. The Kier molecular flexibility index (Phi) is 2.94. The monoisotopic (exact) mass is 520 g/mol. The smallest absolute Gasteiger partial charge is 0.0616 e. The van der Waals surface area contributed by atoms with E-state index in [-0.39, 0.29) is 44.8 Å². The van der Waals surface area contributed by atoms with Gasteiger partial charge in [0.2, 0.25) is 0 Å². The van der Waals surface area contributed by atoms with E-state index in [0.717, 1.165) is 0 Å². The molecule has 8 aromatic rings. The Bertz CT molecular complexity index is 2910. The van der Waals surface area contributed by atoms with Crippen molar-refractivity contribution in [2.45, 2.75) is 0 Å². The highest BCUT2D eigenvalue weighted by Crippen LogP contribution is 2.47. The summed E-state index contributed by atoms with van der Waals surface area (Å²) in [5.41, 5.74) is 2.11. The van der Waals surface area contributed by atoms with E-state index >= 15 is 0 Å². The minimum atomic E-state index is -0.551. The topological polar surface area (TPSA) is 0 Å². The number of rotatable bonds is 3. The van der Waals surface area contributed by atoms with E-state index in [2.05, 4.69) is 0 Å². The van der Waals surface area contributed by atoms with Crippen LogP contribution in [-0.2, 0) is 0 Å². The minimum Gasteiger partial charge on any atom is -0.0616 e. The Morgan fingerprint density at radius 1 is 0.300 bits per heavy atom. The molecule has 0 fully saturated rings. The Hall–Kier alpha value is -5.20. The van der Waals surface area contributed by atoms with Gasteiger partial charge in [-0.25, -0.2) is 0 Å². The van der Waals surface area contributed by atoms with Crippen LogP contribution in [0, 0.1) is 0 Å². The first-order valence-electron chi connectivity index (χ1n) is 19.7. The maximum absolute atomic E-state index is 9.19. The summed E-state index contributed by atoms with van der Waals surface area (Å²) in [6, 6.07) is 14.8. The van der Waals surface area contributed by atoms with Crippen molar-refractivity contribution in [3.8, 4) is 33.4 Å². The Balaban J connectivity index is 1.59. The lowest BCUT2D eigenvalue weighted by atomic mass is 9.82. The van der Waals surface area contributed by atoms with Crippen LogP contribution in [0.3, 0.4) is 0 Å². The molecule has 0 aromatic heterocycles. The molecule has 0 radical (unpaired) electrons.